The number of guanidine groups is 1. The predicted molar refractivity (Wildman–Crippen MR) is 124 cm³/mol. The van der Waals surface area contributed by atoms with Gasteiger partial charge in [-0.3, -0.25) is 4.90 Å². The van der Waals surface area contributed by atoms with E-state index >= 15 is 0 Å². The van der Waals surface area contributed by atoms with Crippen LogP contribution in [-0.2, 0) is 11.3 Å². The van der Waals surface area contributed by atoms with Gasteiger partial charge in [-0.1, -0.05) is 6.07 Å². The number of rotatable bonds is 9. The van der Waals surface area contributed by atoms with Crippen LogP contribution in [0.1, 0.15) is 26.3 Å². The maximum atomic E-state index is 5.65. The molecule has 1 aromatic carbocycles. The molecule has 2 rings (SSSR count). The van der Waals surface area contributed by atoms with E-state index in [0.717, 1.165) is 62.4 Å². The van der Waals surface area contributed by atoms with Crippen LogP contribution in [0.2, 0.25) is 0 Å². The molecule has 2 N–H and O–H groups in total. The van der Waals surface area contributed by atoms with Gasteiger partial charge in [0.1, 0.15) is 0 Å². The molecule has 1 saturated heterocycles. The van der Waals surface area contributed by atoms with Crippen LogP contribution in [0.15, 0.2) is 23.2 Å². The molecule has 1 atom stereocenters. The number of hydrogen-bond donors (Lipinski definition) is 2. The molecular weight excluding hydrogens is 471 g/mol. The van der Waals surface area contributed by atoms with Crippen molar-refractivity contribution in [3.63, 3.8) is 0 Å². The molecule has 0 aromatic heterocycles. The van der Waals surface area contributed by atoms with E-state index in [1.165, 1.54) is 0 Å². The van der Waals surface area contributed by atoms with Crippen molar-refractivity contribution in [2.45, 2.75) is 33.4 Å². The zero-order chi connectivity index (χ0) is 19.5. The lowest BCUT2D eigenvalue weighted by Gasteiger charge is -2.32. The second-order valence-corrected chi connectivity index (χ2v) is 6.49. The van der Waals surface area contributed by atoms with Gasteiger partial charge in [0.2, 0.25) is 0 Å². The Balaban J connectivity index is 0.00000392. The van der Waals surface area contributed by atoms with Gasteiger partial charge < -0.3 is 24.8 Å². The van der Waals surface area contributed by atoms with Crippen molar-refractivity contribution < 1.29 is 14.2 Å². The van der Waals surface area contributed by atoms with Gasteiger partial charge in [0.15, 0.2) is 17.5 Å². The van der Waals surface area contributed by atoms with E-state index in [1.54, 1.807) is 7.11 Å². The molecule has 0 spiro atoms. The minimum Gasteiger partial charge on any atom is -0.493 e. The molecule has 8 heteroatoms. The highest BCUT2D eigenvalue weighted by atomic mass is 127. The summed E-state index contributed by atoms with van der Waals surface area (Å²) in [4.78, 5) is 7.15. The summed E-state index contributed by atoms with van der Waals surface area (Å²) in [6.07, 6.45) is 0. The molecule has 7 nitrogen and oxygen atoms in total. The number of methoxy groups -OCH3 is 1. The minimum atomic E-state index is 0. The third-order valence-corrected chi connectivity index (χ3v) is 4.53. The first-order valence-corrected chi connectivity index (χ1v) is 9.81. The molecule has 0 radical (unpaired) electrons. The quantitative estimate of drug-likeness (QED) is 0.305. The highest BCUT2D eigenvalue weighted by Crippen LogP contribution is 2.28. The SMILES string of the molecule is CCNC(=NCc1ccc(OC)c(OCC)c1)NCC(C)N1CCOCC1.I. The van der Waals surface area contributed by atoms with Crippen LogP contribution in [-0.4, -0.2) is 70.0 Å². The van der Waals surface area contributed by atoms with Crippen LogP contribution in [0.4, 0.5) is 0 Å². The smallest absolute Gasteiger partial charge is 0.191 e. The zero-order valence-electron chi connectivity index (χ0n) is 17.5. The Morgan fingerprint density at radius 2 is 1.96 bits per heavy atom. The zero-order valence-corrected chi connectivity index (χ0v) is 19.8. The Morgan fingerprint density at radius 3 is 2.61 bits per heavy atom. The van der Waals surface area contributed by atoms with Crippen molar-refractivity contribution in [1.82, 2.24) is 15.5 Å². The standard InChI is InChI=1S/C20H34N4O3.HI/c1-5-21-20(22-14-16(3)24-9-11-26-12-10-24)23-15-17-7-8-18(25-4)19(13-17)27-6-2;/h7-8,13,16H,5-6,9-12,14-15H2,1-4H3,(H2,21,22,23);1H. The molecule has 0 saturated carbocycles. The summed E-state index contributed by atoms with van der Waals surface area (Å²) in [6.45, 7) is 12.7. The fraction of sp³-hybridized carbons (Fsp3) is 0.650. The van der Waals surface area contributed by atoms with Crippen molar-refractivity contribution in [3.8, 4) is 11.5 Å². The van der Waals surface area contributed by atoms with E-state index in [1.807, 2.05) is 25.1 Å². The number of nitrogens with zero attached hydrogens (tertiary/aromatic N) is 2. The van der Waals surface area contributed by atoms with Crippen LogP contribution in [0.5, 0.6) is 11.5 Å². The monoisotopic (exact) mass is 506 g/mol. The number of morpholine rings is 1. The summed E-state index contributed by atoms with van der Waals surface area (Å²) in [6, 6.07) is 6.37. The second kappa shape index (κ2) is 13.8. The number of nitrogens with one attached hydrogen (secondary N) is 2. The van der Waals surface area contributed by atoms with Crippen LogP contribution < -0.4 is 20.1 Å². The topological polar surface area (TPSA) is 67.4 Å². The first-order valence-electron chi connectivity index (χ1n) is 9.81. The van der Waals surface area contributed by atoms with Crippen LogP contribution in [0.3, 0.4) is 0 Å². The largest absolute Gasteiger partial charge is 0.493 e. The first-order chi connectivity index (χ1) is 13.2. The summed E-state index contributed by atoms with van der Waals surface area (Å²) < 4.78 is 16.4. The Labute approximate surface area is 186 Å². The lowest BCUT2D eigenvalue weighted by atomic mass is 10.2. The van der Waals surface area contributed by atoms with Crippen molar-refractivity contribution in [2.24, 2.45) is 4.99 Å². The van der Waals surface area contributed by atoms with E-state index in [4.69, 9.17) is 19.2 Å². The minimum absolute atomic E-state index is 0. The highest BCUT2D eigenvalue weighted by molar-refractivity contribution is 14.0. The third-order valence-electron chi connectivity index (χ3n) is 4.53. The summed E-state index contributed by atoms with van der Waals surface area (Å²) in [5, 5.41) is 6.76. The van der Waals surface area contributed by atoms with E-state index in [0.29, 0.717) is 19.2 Å². The molecule has 0 aliphatic carbocycles. The number of benzene rings is 1. The van der Waals surface area contributed by atoms with Crippen LogP contribution in [0.25, 0.3) is 0 Å². The Bertz CT molecular complexity index is 595. The van der Waals surface area contributed by atoms with E-state index in [9.17, 15) is 0 Å². The molecule has 0 bridgehead atoms. The van der Waals surface area contributed by atoms with E-state index < -0.39 is 0 Å². The second-order valence-electron chi connectivity index (χ2n) is 6.49. The number of hydrogen-bond acceptors (Lipinski definition) is 5. The van der Waals surface area contributed by atoms with Gasteiger partial charge in [-0.05, 0) is 38.5 Å². The van der Waals surface area contributed by atoms with Crippen molar-refractivity contribution >= 4 is 29.9 Å². The predicted octanol–water partition coefficient (Wildman–Crippen LogP) is 2.49. The molecule has 1 fully saturated rings. The summed E-state index contributed by atoms with van der Waals surface area (Å²) in [7, 11) is 1.65. The Morgan fingerprint density at radius 1 is 1.21 bits per heavy atom. The lowest BCUT2D eigenvalue weighted by Crippen LogP contribution is -2.49. The van der Waals surface area contributed by atoms with Crippen LogP contribution in [0, 0.1) is 0 Å². The molecule has 1 aliphatic rings. The molecule has 1 aromatic rings. The average molecular weight is 506 g/mol. The maximum Gasteiger partial charge on any atom is 0.191 e. The lowest BCUT2D eigenvalue weighted by molar-refractivity contribution is 0.0211. The van der Waals surface area contributed by atoms with Crippen molar-refractivity contribution in [3.05, 3.63) is 23.8 Å². The van der Waals surface area contributed by atoms with Gasteiger partial charge in [-0.2, -0.15) is 0 Å². The van der Waals surface area contributed by atoms with Gasteiger partial charge in [0, 0.05) is 32.2 Å². The Hall–Kier alpha value is -1.26. The molecular formula is C20H35IN4O3. The summed E-state index contributed by atoms with van der Waals surface area (Å²) in [5.74, 6) is 2.33. The van der Waals surface area contributed by atoms with Gasteiger partial charge in [-0.25, -0.2) is 4.99 Å². The molecule has 28 heavy (non-hydrogen) atoms. The first kappa shape index (κ1) is 24.8. The fourth-order valence-electron chi connectivity index (χ4n) is 2.99. The van der Waals surface area contributed by atoms with Crippen molar-refractivity contribution in [1.29, 1.82) is 0 Å². The van der Waals surface area contributed by atoms with Crippen molar-refractivity contribution in [2.75, 3.05) is 53.1 Å². The maximum absolute atomic E-state index is 5.65. The highest BCUT2D eigenvalue weighted by Gasteiger charge is 2.17. The molecule has 1 unspecified atom stereocenters. The van der Waals surface area contributed by atoms with E-state index in [-0.39, 0.29) is 24.0 Å². The van der Waals surface area contributed by atoms with Crippen LogP contribution >= 0.6 is 24.0 Å². The Kier molecular flexibility index (Phi) is 12.2. The van der Waals surface area contributed by atoms with Gasteiger partial charge >= 0.3 is 0 Å². The van der Waals surface area contributed by atoms with Gasteiger partial charge in [0.25, 0.3) is 0 Å². The number of ether oxygens (including phenoxy) is 3. The fourth-order valence-corrected chi connectivity index (χ4v) is 2.99. The van der Waals surface area contributed by atoms with E-state index in [2.05, 4.69) is 29.4 Å². The molecule has 1 aliphatic heterocycles. The van der Waals surface area contributed by atoms with Gasteiger partial charge in [0.05, 0.1) is 33.5 Å². The molecule has 1 heterocycles. The number of halogens is 1. The molecule has 0 amide bonds. The summed E-state index contributed by atoms with van der Waals surface area (Å²) in [5.41, 5.74) is 1.08. The average Bonchev–Trinajstić information content (AvgIpc) is 2.71. The normalized spacial score (nSPS) is 16.1. The summed E-state index contributed by atoms with van der Waals surface area (Å²) >= 11 is 0. The molecule has 160 valence electrons. The third kappa shape index (κ3) is 8.00. The number of aliphatic imine (C=N–C) groups is 1. The van der Waals surface area contributed by atoms with Gasteiger partial charge in [-0.15, -0.1) is 24.0 Å².